The standard InChI is InChI=1S/C15H21N3O9/c1-7(10(19)20)4-16-13(25)17(5-8(2)11(21)22)15(27)18(14(16)26)6-9(3)12(23)24/h7-9H,4-6H2,1-3H3,(H,19,20)(H,21,22)(H,23,24). The van der Waals surface area contributed by atoms with Gasteiger partial charge in [-0.1, -0.05) is 20.8 Å². The average Bonchev–Trinajstić information content (AvgIpc) is 2.58. The van der Waals surface area contributed by atoms with Crippen LogP contribution in [0.15, 0.2) is 14.4 Å². The molecule has 150 valence electrons. The smallest absolute Gasteiger partial charge is 0.336 e. The molecule has 0 radical (unpaired) electrons. The first-order valence-corrected chi connectivity index (χ1v) is 8.01. The predicted octanol–water partition coefficient (Wildman–Crippen LogP) is -1.67. The fourth-order valence-corrected chi connectivity index (χ4v) is 2.21. The minimum absolute atomic E-state index is 0.503. The minimum atomic E-state index is -1.29. The van der Waals surface area contributed by atoms with Gasteiger partial charge in [0, 0.05) is 19.6 Å². The topological polar surface area (TPSA) is 178 Å². The van der Waals surface area contributed by atoms with E-state index in [1.807, 2.05) is 0 Å². The van der Waals surface area contributed by atoms with Gasteiger partial charge in [0.15, 0.2) is 0 Å². The summed E-state index contributed by atoms with van der Waals surface area (Å²) in [5, 5.41) is 27.0. The fraction of sp³-hybridized carbons (Fsp3) is 0.600. The van der Waals surface area contributed by atoms with E-state index in [2.05, 4.69) is 0 Å². The molecular weight excluding hydrogens is 366 g/mol. The van der Waals surface area contributed by atoms with Gasteiger partial charge in [-0.2, -0.15) is 0 Å². The number of rotatable bonds is 9. The average molecular weight is 387 g/mol. The van der Waals surface area contributed by atoms with Gasteiger partial charge in [-0.05, 0) is 0 Å². The Morgan fingerprint density at radius 3 is 0.963 bits per heavy atom. The number of carboxylic acid groups (broad SMARTS) is 3. The van der Waals surface area contributed by atoms with Gasteiger partial charge in [0.2, 0.25) is 0 Å². The number of hydrogen-bond donors (Lipinski definition) is 3. The molecule has 12 nitrogen and oxygen atoms in total. The summed E-state index contributed by atoms with van der Waals surface area (Å²) in [6.07, 6.45) is 0. The van der Waals surface area contributed by atoms with Crippen LogP contribution in [0.3, 0.4) is 0 Å². The van der Waals surface area contributed by atoms with Crippen molar-refractivity contribution >= 4 is 17.9 Å². The molecule has 0 amide bonds. The molecule has 0 fully saturated rings. The first-order valence-electron chi connectivity index (χ1n) is 8.01. The molecule has 0 spiro atoms. The zero-order valence-corrected chi connectivity index (χ0v) is 15.0. The van der Waals surface area contributed by atoms with E-state index in [-0.39, 0.29) is 0 Å². The van der Waals surface area contributed by atoms with Crippen LogP contribution in [0.4, 0.5) is 0 Å². The van der Waals surface area contributed by atoms with Gasteiger partial charge in [-0.15, -0.1) is 0 Å². The Morgan fingerprint density at radius 2 is 0.815 bits per heavy atom. The SMILES string of the molecule is CC(Cn1c(=O)n(CC(C)C(=O)O)c(=O)n(CC(C)C(=O)O)c1=O)C(=O)O. The third-order valence-corrected chi connectivity index (χ3v) is 4.02. The summed E-state index contributed by atoms with van der Waals surface area (Å²) in [5.74, 6) is -7.31. The Bertz CT molecular complexity index is 775. The van der Waals surface area contributed by atoms with Crippen LogP contribution in [0.5, 0.6) is 0 Å². The van der Waals surface area contributed by atoms with E-state index in [4.69, 9.17) is 15.3 Å². The monoisotopic (exact) mass is 387 g/mol. The molecule has 1 rings (SSSR count). The third kappa shape index (κ3) is 4.92. The van der Waals surface area contributed by atoms with Gasteiger partial charge in [-0.3, -0.25) is 14.4 Å². The van der Waals surface area contributed by atoms with Crippen molar-refractivity contribution in [2.24, 2.45) is 17.8 Å². The van der Waals surface area contributed by atoms with Crippen molar-refractivity contribution in [2.45, 2.75) is 40.4 Å². The number of carbonyl (C=O) groups is 3. The number of carboxylic acids is 3. The lowest BCUT2D eigenvalue weighted by Crippen LogP contribution is -2.56. The van der Waals surface area contributed by atoms with Crippen molar-refractivity contribution in [1.82, 2.24) is 13.7 Å². The Morgan fingerprint density at radius 1 is 0.630 bits per heavy atom. The minimum Gasteiger partial charge on any atom is -0.481 e. The largest absolute Gasteiger partial charge is 0.481 e. The molecule has 0 aromatic carbocycles. The first kappa shape index (κ1) is 21.9. The molecule has 3 N–H and O–H groups in total. The Labute approximate surface area is 151 Å². The van der Waals surface area contributed by atoms with Crippen LogP contribution in [0.2, 0.25) is 0 Å². The van der Waals surface area contributed by atoms with Crippen LogP contribution in [0.1, 0.15) is 20.8 Å². The van der Waals surface area contributed by atoms with Gasteiger partial charge >= 0.3 is 35.0 Å². The van der Waals surface area contributed by atoms with Crippen molar-refractivity contribution in [3.8, 4) is 0 Å². The van der Waals surface area contributed by atoms with E-state index in [0.29, 0.717) is 13.7 Å². The highest BCUT2D eigenvalue weighted by Crippen LogP contribution is 2.00. The molecule has 1 heterocycles. The summed E-state index contributed by atoms with van der Waals surface area (Å²) < 4.78 is 1.51. The van der Waals surface area contributed by atoms with E-state index in [9.17, 15) is 28.8 Å². The van der Waals surface area contributed by atoms with Crippen LogP contribution >= 0.6 is 0 Å². The van der Waals surface area contributed by atoms with Gasteiger partial charge < -0.3 is 15.3 Å². The molecular formula is C15H21N3O9. The van der Waals surface area contributed by atoms with Crippen molar-refractivity contribution in [3.05, 3.63) is 31.5 Å². The van der Waals surface area contributed by atoms with Crippen LogP contribution in [-0.2, 0) is 34.0 Å². The van der Waals surface area contributed by atoms with E-state index >= 15 is 0 Å². The van der Waals surface area contributed by atoms with Gasteiger partial charge in [0.25, 0.3) is 0 Å². The Kier molecular flexibility index (Phi) is 6.86. The molecule has 27 heavy (non-hydrogen) atoms. The highest BCUT2D eigenvalue weighted by Gasteiger charge is 2.24. The lowest BCUT2D eigenvalue weighted by atomic mass is 10.2. The second-order valence-corrected chi connectivity index (χ2v) is 6.40. The highest BCUT2D eigenvalue weighted by molar-refractivity contribution is 5.70. The normalized spacial score (nSPS) is 14.3. The van der Waals surface area contributed by atoms with Gasteiger partial charge in [0.1, 0.15) is 0 Å². The molecule has 0 saturated heterocycles. The molecule has 12 heteroatoms. The summed E-state index contributed by atoms with van der Waals surface area (Å²) >= 11 is 0. The van der Waals surface area contributed by atoms with E-state index in [1.165, 1.54) is 20.8 Å². The van der Waals surface area contributed by atoms with E-state index in [1.54, 1.807) is 0 Å². The summed E-state index contributed by atoms with van der Waals surface area (Å²) in [7, 11) is 0. The quantitative estimate of drug-likeness (QED) is 0.447. The van der Waals surface area contributed by atoms with Gasteiger partial charge in [0.05, 0.1) is 17.8 Å². The predicted molar refractivity (Wildman–Crippen MR) is 89.6 cm³/mol. The number of aliphatic carboxylic acids is 3. The highest BCUT2D eigenvalue weighted by atomic mass is 16.4. The molecule has 3 atom stereocenters. The van der Waals surface area contributed by atoms with Crippen LogP contribution in [0.25, 0.3) is 0 Å². The van der Waals surface area contributed by atoms with E-state index in [0.717, 1.165) is 0 Å². The number of nitrogens with zero attached hydrogens (tertiary/aromatic N) is 3. The zero-order valence-electron chi connectivity index (χ0n) is 15.0. The maximum absolute atomic E-state index is 12.5. The maximum Gasteiger partial charge on any atom is 0.336 e. The fourth-order valence-electron chi connectivity index (χ4n) is 2.21. The summed E-state index contributed by atoms with van der Waals surface area (Å²) in [6.45, 7) is 2.05. The lowest BCUT2D eigenvalue weighted by molar-refractivity contribution is -0.142. The molecule has 1 aromatic rings. The molecule has 0 aliphatic rings. The Hall–Kier alpha value is -3.18. The summed E-state index contributed by atoms with van der Waals surface area (Å²) in [4.78, 5) is 70.7. The third-order valence-electron chi connectivity index (χ3n) is 4.02. The summed E-state index contributed by atoms with van der Waals surface area (Å²) in [5.41, 5.74) is -3.44. The number of hydrogen-bond acceptors (Lipinski definition) is 6. The molecule has 1 aromatic heterocycles. The van der Waals surface area contributed by atoms with Crippen molar-refractivity contribution in [1.29, 1.82) is 0 Å². The molecule has 0 saturated carbocycles. The maximum atomic E-state index is 12.5. The van der Waals surface area contributed by atoms with Gasteiger partial charge in [-0.25, -0.2) is 28.1 Å². The second-order valence-electron chi connectivity index (χ2n) is 6.40. The van der Waals surface area contributed by atoms with Crippen LogP contribution in [0, 0.1) is 17.8 Å². The second kappa shape index (κ2) is 8.47. The van der Waals surface area contributed by atoms with E-state index < -0.39 is 72.4 Å². The molecule has 3 unspecified atom stereocenters. The van der Waals surface area contributed by atoms with Crippen molar-refractivity contribution < 1.29 is 29.7 Å². The first-order chi connectivity index (χ1) is 12.4. The van der Waals surface area contributed by atoms with Crippen molar-refractivity contribution in [2.75, 3.05) is 0 Å². The lowest BCUT2D eigenvalue weighted by Gasteiger charge is -2.17. The molecule has 0 aliphatic heterocycles. The number of aromatic nitrogens is 3. The van der Waals surface area contributed by atoms with Crippen LogP contribution in [-0.4, -0.2) is 46.9 Å². The molecule has 0 aliphatic carbocycles. The summed E-state index contributed by atoms with van der Waals surface area (Å²) in [6, 6.07) is 0. The van der Waals surface area contributed by atoms with Crippen molar-refractivity contribution in [3.63, 3.8) is 0 Å². The zero-order chi connectivity index (χ0) is 21.0. The molecule has 0 bridgehead atoms. The Balaban J connectivity index is 3.67. The van der Waals surface area contributed by atoms with Crippen LogP contribution < -0.4 is 17.1 Å².